The maximum Gasteiger partial charge on any atom is 0.218 e. The van der Waals surface area contributed by atoms with Gasteiger partial charge in [0, 0.05) is 39.5 Å². The number of carbonyl (C=O) groups is 1. The van der Waals surface area contributed by atoms with Crippen LogP contribution < -0.4 is 10.2 Å². The molecule has 170 valence electrons. The van der Waals surface area contributed by atoms with Gasteiger partial charge in [-0.15, -0.1) is 0 Å². The molecule has 1 aliphatic rings. The highest BCUT2D eigenvalue weighted by molar-refractivity contribution is 7.22. The van der Waals surface area contributed by atoms with Crippen molar-refractivity contribution in [2.24, 2.45) is 5.41 Å². The molecule has 7 heteroatoms. The van der Waals surface area contributed by atoms with Gasteiger partial charge in [0.25, 0.3) is 0 Å². The standard InChI is InChI=1S/C25H31FN4OS/c1-18(31)28-25(15-19-9-11-20(26)12-10-19)17-29(16-24(2,3)4)13-14-30(25)23-27-21-7-5-6-8-22(21)32-23/h5-12H,13-17H2,1-4H3,(H,28,31). The van der Waals surface area contributed by atoms with Gasteiger partial charge in [-0.25, -0.2) is 9.37 Å². The number of para-hydroxylation sites is 1. The Bertz CT molecular complexity index is 1060. The number of thiazole rings is 1. The number of benzene rings is 2. The zero-order chi connectivity index (χ0) is 22.9. The summed E-state index contributed by atoms with van der Waals surface area (Å²) in [4.78, 5) is 22.0. The Labute approximate surface area is 193 Å². The van der Waals surface area contributed by atoms with Crippen LogP contribution in [-0.4, -0.2) is 47.6 Å². The van der Waals surface area contributed by atoms with Crippen molar-refractivity contribution in [2.45, 2.75) is 39.8 Å². The molecular weight excluding hydrogens is 423 g/mol. The normalized spacial score (nSPS) is 20.0. The van der Waals surface area contributed by atoms with Gasteiger partial charge in [-0.1, -0.05) is 56.4 Å². The number of piperazine rings is 1. The monoisotopic (exact) mass is 454 g/mol. The molecular formula is C25H31FN4OS. The van der Waals surface area contributed by atoms with E-state index in [1.165, 1.54) is 12.1 Å². The van der Waals surface area contributed by atoms with E-state index in [1.54, 1.807) is 30.4 Å². The van der Waals surface area contributed by atoms with E-state index < -0.39 is 5.66 Å². The number of anilines is 1. The van der Waals surface area contributed by atoms with Gasteiger partial charge in [-0.05, 0) is 35.2 Å². The minimum atomic E-state index is -0.680. The first-order valence-corrected chi connectivity index (χ1v) is 11.8. The molecule has 1 unspecified atom stereocenters. The molecule has 1 aromatic heterocycles. The van der Waals surface area contributed by atoms with Crippen LogP contribution in [0, 0.1) is 11.2 Å². The molecule has 3 aromatic rings. The average molecular weight is 455 g/mol. The van der Waals surface area contributed by atoms with Crippen molar-refractivity contribution in [1.82, 2.24) is 15.2 Å². The van der Waals surface area contributed by atoms with Crippen LogP contribution in [0.25, 0.3) is 10.2 Å². The third kappa shape index (κ3) is 5.10. The fourth-order valence-corrected chi connectivity index (χ4v) is 5.70. The van der Waals surface area contributed by atoms with Gasteiger partial charge in [-0.3, -0.25) is 9.69 Å². The molecule has 2 aromatic carbocycles. The number of nitrogens with one attached hydrogen (secondary N) is 1. The Kier molecular flexibility index (Phi) is 6.23. The molecule has 5 nitrogen and oxygen atoms in total. The van der Waals surface area contributed by atoms with E-state index in [9.17, 15) is 9.18 Å². The summed E-state index contributed by atoms with van der Waals surface area (Å²) in [6.07, 6.45) is 0.559. The van der Waals surface area contributed by atoms with E-state index >= 15 is 0 Å². The lowest BCUT2D eigenvalue weighted by Crippen LogP contribution is -2.71. The van der Waals surface area contributed by atoms with Crippen molar-refractivity contribution in [3.63, 3.8) is 0 Å². The van der Waals surface area contributed by atoms with Gasteiger partial charge in [-0.2, -0.15) is 0 Å². The van der Waals surface area contributed by atoms with E-state index in [2.05, 4.69) is 42.0 Å². The number of carbonyl (C=O) groups excluding carboxylic acids is 1. The van der Waals surface area contributed by atoms with Crippen LogP contribution in [-0.2, 0) is 11.2 Å². The minimum absolute atomic E-state index is 0.0872. The maximum atomic E-state index is 13.6. The zero-order valence-electron chi connectivity index (χ0n) is 19.2. The number of aromatic nitrogens is 1. The molecule has 1 N–H and O–H groups in total. The summed E-state index contributed by atoms with van der Waals surface area (Å²) in [5.41, 5.74) is 1.39. The molecule has 0 aliphatic carbocycles. The van der Waals surface area contributed by atoms with E-state index in [1.807, 2.05) is 18.2 Å². The molecule has 1 saturated heterocycles. The first-order chi connectivity index (χ1) is 15.1. The van der Waals surface area contributed by atoms with Crippen molar-refractivity contribution < 1.29 is 9.18 Å². The van der Waals surface area contributed by atoms with E-state index in [4.69, 9.17) is 4.98 Å². The number of amides is 1. The summed E-state index contributed by atoms with van der Waals surface area (Å²) in [7, 11) is 0. The third-order valence-corrected chi connectivity index (χ3v) is 6.73. The van der Waals surface area contributed by atoms with Gasteiger partial charge in [0.1, 0.15) is 11.5 Å². The molecule has 32 heavy (non-hydrogen) atoms. The highest BCUT2D eigenvalue weighted by atomic mass is 32.1. The molecule has 2 heterocycles. The van der Waals surface area contributed by atoms with Crippen molar-refractivity contribution >= 4 is 32.6 Å². The lowest BCUT2D eigenvalue weighted by molar-refractivity contribution is -0.121. The Morgan fingerprint density at radius 3 is 2.53 bits per heavy atom. The van der Waals surface area contributed by atoms with E-state index in [0.717, 1.165) is 40.5 Å². The second-order valence-corrected chi connectivity index (χ2v) is 10.9. The molecule has 0 saturated carbocycles. The van der Waals surface area contributed by atoms with Crippen molar-refractivity contribution in [2.75, 3.05) is 31.1 Å². The molecule has 1 fully saturated rings. The minimum Gasteiger partial charge on any atom is -0.332 e. The number of hydrogen-bond donors (Lipinski definition) is 1. The molecule has 1 atom stereocenters. The van der Waals surface area contributed by atoms with Crippen LogP contribution >= 0.6 is 11.3 Å². The summed E-state index contributed by atoms with van der Waals surface area (Å²) in [6.45, 7) is 11.5. The number of fused-ring (bicyclic) bond motifs is 1. The molecule has 1 amide bonds. The predicted octanol–water partition coefficient (Wildman–Crippen LogP) is 4.68. The lowest BCUT2D eigenvalue weighted by atomic mass is 9.91. The van der Waals surface area contributed by atoms with Gasteiger partial charge in [0.2, 0.25) is 5.91 Å². The SMILES string of the molecule is CC(=O)NC1(Cc2ccc(F)cc2)CN(CC(C)(C)C)CCN1c1nc2ccccc2s1. The van der Waals surface area contributed by atoms with Crippen molar-refractivity contribution in [3.05, 3.63) is 59.9 Å². The molecule has 0 radical (unpaired) electrons. The maximum absolute atomic E-state index is 13.6. The Morgan fingerprint density at radius 1 is 1.16 bits per heavy atom. The third-order valence-electron chi connectivity index (χ3n) is 5.67. The molecule has 1 aliphatic heterocycles. The van der Waals surface area contributed by atoms with Crippen LogP contribution in [0.1, 0.15) is 33.3 Å². The Balaban J connectivity index is 1.77. The smallest absolute Gasteiger partial charge is 0.218 e. The topological polar surface area (TPSA) is 48.5 Å². The number of hydrogen-bond acceptors (Lipinski definition) is 5. The van der Waals surface area contributed by atoms with Gasteiger partial charge in [0.05, 0.1) is 10.2 Å². The second kappa shape index (κ2) is 8.79. The van der Waals surface area contributed by atoms with Crippen LogP contribution in [0.2, 0.25) is 0 Å². The van der Waals surface area contributed by atoms with Crippen molar-refractivity contribution in [3.8, 4) is 0 Å². The number of halogens is 1. The zero-order valence-corrected chi connectivity index (χ0v) is 20.0. The van der Waals surface area contributed by atoms with Crippen LogP contribution in [0.15, 0.2) is 48.5 Å². The van der Waals surface area contributed by atoms with E-state index in [0.29, 0.717) is 13.0 Å². The molecule has 4 rings (SSSR count). The van der Waals surface area contributed by atoms with Gasteiger partial charge in [0.15, 0.2) is 5.13 Å². The second-order valence-electron chi connectivity index (χ2n) is 9.90. The van der Waals surface area contributed by atoms with Crippen molar-refractivity contribution in [1.29, 1.82) is 0 Å². The number of nitrogens with zero attached hydrogens (tertiary/aromatic N) is 3. The summed E-state index contributed by atoms with van der Waals surface area (Å²) < 4.78 is 14.7. The highest BCUT2D eigenvalue weighted by Crippen LogP contribution is 2.36. The molecule has 0 bridgehead atoms. The van der Waals surface area contributed by atoms with Crippen LogP contribution in [0.3, 0.4) is 0 Å². The van der Waals surface area contributed by atoms with Gasteiger partial charge >= 0.3 is 0 Å². The largest absolute Gasteiger partial charge is 0.332 e. The highest BCUT2D eigenvalue weighted by Gasteiger charge is 2.44. The van der Waals surface area contributed by atoms with Gasteiger partial charge < -0.3 is 10.2 Å². The summed E-state index contributed by atoms with van der Waals surface area (Å²) in [6, 6.07) is 14.7. The van der Waals surface area contributed by atoms with Crippen LogP contribution in [0.5, 0.6) is 0 Å². The summed E-state index contributed by atoms with van der Waals surface area (Å²) in [5.74, 6) is -0.348. The lowest BCUT2D eigenvalue weighted by Gasteiger charge is -2.52. The number of rotatable bonds is 5. The molecule has 0 spiro atoms. The summed E-state index contributed by atoms with van der Waals surface area (Å²) in [5, 5.41) is 4.19. The van der Waals surface area contributed by atoms with Crippen LogP contribution in [0.4, 0.5) is 9.52 Å². The average Bonchev–Trinajstić information content (AvgIpc) is 3.12. The predicted molar refractivity (Wildman–Crippen MR) is 130 cm³/mol. The Hall–Kier alpha value is -2.51. The fraction of sp³-hybridized carbons (Fsp3) is 0.440. The Morgan fingerprint density at radius 2 is 1.88 bits per heavy atom. The summed E-state index contributed by atoms with van der Waals surface area (Å²) >= 11 is 1.65. The quantitative estimate of drug-likeness (QED) is 0.608. The fourth-order valence-electron chi connectivity index (χ4n) is 4.62. The first kappa shape index (κ1) is 22.7. The van der Waals surface area contributed by atoms with E-state index in [-0.39, 0.29) is 17.1 Å². The first-order valence-electron chi connectivity index (χ1n) is 11.0.